The van der Waals surface area contributed by atoms with Crippen LogP contribution in [0.15, 0.2) is 48.5 Å². The van der Waals surface area contributed by atoms with Gasteiger partial charge in [-0.3, -0.25) is 0 Å². The smallest absolute Gasteiger partial charge is 0.129 e. The third kappa shape index (κ3) is 2.51. The maximum atomic E-state index is 13.2. The van der Waals surface area contributed by atoms with Gasteiger partial charge in [0, 0.05) is 11.6 Å². The summed E-state index contributed by atoms with van der Waals surface area (Å²) in [6.07, 6.45) is 0. The van der Waals surface area contributed by atoms with Crippen molar-refractivity contribution < 1.29 is 14.2 Å². The number of phenolic OH excluding ortho intramolecular Hbond substituents is 1. The fourth-order valence-corrected chi connectivity index (χ4v) is 1.35. The first-order chi connectivity index (χ1) is 7.75. The summed E-state index contributed by atoms with van der Waals surface area (Å²) in [5.41, 5.74) is 0.492. The van der Waals surface area contributed by atoms with E-state index in [2.05, 4.69) is 0 Å². The minimum atomic E-state index is -0.289. The summed E-state index contributed by atoms with van der Waals surface area (Å²) < 4.78 is 18.6. The summed E-state index contributed by atoms with van der Waals surface area (Å²) in [5.74, 6) is 0.358. The molecule has 0 aliphatic carbocycles. The zero-order valence-corrected chi connectivity index (χ0v) is 8.56. The van der Waals surface area contributed by atoms with Gasteiger partial charge in [0.1, 0.15) is 23.9 Å². The number of hydrogen-bond donors (Lipinski definition) is 1. The molecule has 0 saturated heterocycles. The number of hydrogen-bond acceptors (Lipinski definition) is 2. The molecule has 3 heteroatoms. The average molecular weight is 218 g/mol. The molecule has 0 bridgehead atoms. The van der Waals surface area contributed by atoms with E-state index in [1.54, 1.807) is 36.4 Å². The molecule has 0 unspecified atom stereocenters. The molecule has 0 aliphatic rings. The van der Waals surface area contributed by atoms with Crippen molar-refractivity contribution in [1.29, 1.82) is 0 Å². The van der Waals surface area contributed by atoms with Gasteiger partial charge in [-0.2, -0.15) is 0 Å². The maximum absolute atomic E-state index is 13.2. The van der Waals surface area contributed by atoms with Crippen molar-refractivity contribution in [3.63, 3.8) is 0 Å². The zero-order valence-electron chi connectivity index (χ0n) is 8.56. The first kappa shape index (κ1) is 10.5. The molecular weight excluding hydrogens is 207 g/mol. The van der Waals surface area contributed by atoms with Gasteiger partial charge in [0.25, 0.3) is 0 Å². The lowest BCUT2D eigenvalue weighted by Crippen LogP contribution is -1.97. The molecule has 2 aromatic carbocycles. The molecule has 2 rings (SSSR count). The molecule has 1 N–H and O–H groups in total. The Labute approximate surface area is 92.9 Å². The van der Waals surface area contributed by atoms with Crippen LogP contribution in [-0.4, -0.2) is 5.11 Å². The molecule has 0 aromatic heterocycles. The van der Waals surface area contributed by atoms with Crippen molar-refractivity contribution in [3.05, 3.63) is 59.9 Å². The van der Waals surface area contributed by atoms with Gasteiger partial charge in [0.05, 0.1) is 0 Å². The van der Waals surface area contributed by atoms with E-state index in [9.17, 15) is 9.50 Å². The predicted octanol–water partition coefficient (Wildman–Crippen LogP) is 3.11. The number of aromatic hydroxyl groups is 1. The Morgan fingerprint density at radius 3 is 2.62 bits per heavy atom. The van der Waals surface area contributed by atoms with E-state index in [1.165, 1.54) is 12.1 Å². The van der Waals surface area contributed by atoms with E-state index in [1.807, 2.05) is 0 Å². The molecule has 0 radical (unpaired) electrons. The average Bonchev–Trinajstić information content (AvgIpc) is 2.28. The van der Waals surface area contributed by atoms with Crippen LogP contribution < -0.4 is 4.74 Å². The molecule has 2 aromatic rings. The van der Waals surface area contributed by atoms with Crippen LogP contribution in [0.25, 0.3) is 0 Å². The molecule has 0 amide bonds. The van der Waals surface area contributed by atoms with Crippen molar-refractivity contribution in [2.45, 2.75) is 6.61 Å². The molecule has 16 heavy (non-hydrogen) atoms. The Morgan fingerprint density at radius 2 is 1.88 bits per heavy atom. The van der Waals surface area contributed by atoms with E-state index < -0.39 is 0 Å². The van der Waals surface area contributed by atoms with Gasteiger partial charge in [0.15, 0.2) is 0 Å². The molecule has 0 atom stereocenters. The largest absolute Gasteiger partial charge is 0.508 e. The maximum Gasteiger partial charge on any atom is 0.129 e. The van der Waals surface area contributed by atoms with Gasteiger partial charge in [-0.25, -0.2) is 4.39 Å². The van der Waals surface area contributed by atoms with Gasteiger partial charge < -0.3 is 9.84 Å². The number of rotatable bonds is 3. The highest BCUT2D eigenvalue weighted by Gasteiger charge is 2.01. The molecule has 0 spiro atoms. The summed E-state index contributed by atoms with van der Waals surface area (Å²) in [7, 11) is 0. The lowest BCUT2D eigenvalue weighted by molar-refractivity contribution is 0.298. The van der Waals surface area contributed by atoms with Crippen molar-refractivity contribution in [3.8, 4) is 11.5 Å². The Kier molecular flexibility index (Phi) is 3.05. The normalized spacial score (nSPS) is 10.1. The van der Waals surface area contributed by atoms with Gasteiger partial charge in [-0.05, 0) is 18.2 Å². The van der Waals surface area contributed by atoms with Crippen LogP contribution in [0, 0.1) is 5.82 Å². The minimum Gasteiger partial charge on any atom is -0.508 e. The van der Waals surface area contributed by atoms with E-state index in [0.717, 1.165) is 0 Å². The molecule has 82 valence electrons. The lowest BCUT2D eigenvalue weighted by Gasteiger charge is -2.07. The van der Waals surface area contributed by atoms with Crippen LogP contribution in [0.4, 0.5) is 4.39 Å². The summed E-state index contributed by atoms with van der Waals surface area (Å²) in [4.78, 5) is 0. The summed E-state index contributed by atoms with van der Waals surface area (Å²) in [5, 5.41) is 9.21. The standard InChI is InChI=1S/C13H11FO2/c14-13-7-2-1-4-10(13)9-16-12-6-3-5-11(15)8-12/h1-8,15H,9H2. The van der Waals surface area contributed by atoms with Gasteiger partial charge in [-0.1, -0.05) is 24.3 Å². The number of phenols is 1. The molecule has 0 fully saturated rings. The van der Waals surface area contributed by atoms with Crippen LogP contribution >= 0.6 is 0 Å². The van der Waals surface area contributed by atoms with Crippen LogP contribution in [0.5, 0.6) is 11.5 Å². The van der Waals surface area contributed by atoms with Gasteiger partial charge in [0.2, 0.25) is 0 Å². The fraction of sp³-hybridized carbons (Fsp3) is 0.0769. The van der Waals surface area contributed by atoms with Crippen LogP contribution in [-0.2, 0) is 6.61 Å². The third-order valence-electron chi connectivity index (χ3n) is 2.17. The fourth-order valence-electron chi connectivity index (χ4n) is 1.35. The lowest BCUT2D eigenvalue weighted by atomic mass is 10.2. The molecule has 2 nitrogen and oxygen atoms in total. The van der Waals surface area contributed by atoms with E-state index in [4.69, 9.17) is 4.74 Å². The second-order valence-corrected chi connectivity index (χ2v) is 3.38. The Bertz CT molecular complexity index is 483. The highest BCUT2D eigenvalue weighted by molar-refractivity contribution is 5.32. The number of halogens is 1. The number of benzene rings is 2. The quantitative estimate of drug-likeness (QED) is 0.857. The first-order valence-corrected chi connectivity index (χ1v) is 4.91. The Hall–Kier alpha value is -2.03. The van der Waals surface area contributed by atoms with Crippen LogP contribution in [0.2, 0.25) is 0 Å². The Balaban J connectivity index is 2.05. The SMILES string of the molecule is Oc1cccc(OCc2ccccc2F)c1. The van der Waals surface area contributed by atoms with E-state index in [0.29, 0.717) is 11.3 Å². The van der Waals surface area contributed by atoms with Gasteiger partial charge in [-0.15, -0.1) is 0 Å². The monoisotopic (exact) mass is 218 g/mol. The van der Waals surface area contributed by atoms with Gasteiger partial charge >= 0.3 is 0 Å². The summed E-state index contributed by atoms with van der Waals surface area (Å²) in [6, 6.07) is 12.9. The second-order valence-electron chi connectivity index (χ2n) is 3.38. The van der Waals surface area contributed by atoms with E-state index in [-0.39, 0.29) is 18.2 Å². The molecule has 0 saturated carbocycles. The third-order valence-corrected chi connectivity index (χ3v) is 2.17. The predicted molar refractivity (Wildman–Crippen MR) is 58.8 cm³/mol. The molecular formula is C13H11FO2. The van der Waals surface area contributed by atoms with E-state index >= 15 is 0 Å². The molecule has 0 heterocycles. The number of ether oxygens (including phenoxy) is 1. The first-order valence-electron chi connectivity index (χ1n) is 4.91. The summed E-state index contributed by atoms with van der Waals surface area (Å²) >= 11 is 0. The molecule has 0 aliphatic heterocycles. The summed E-state index contributed by atoms with van der Waals surface area (Å²) in [6.45, 7) is 0.149. The van der Waals surface area contributed by atoms with Crippen molar-refractivity contribution in [2.24, 2.45) is 0 Å². The van der Waals surface area contributed by atoms with Crippen molar-refractivity contribution in [1.82, 2.24) is 0 Å². The van der Waals surface area contributed by atoms with Crippen LogP contribution in [0.3, 0.4) is 0 Å². The van der Waals surface area contributed by atoms with Crippen molar-refractivity contribution in [2.75, 3.05) is 0 Å². The Morgan fingerprint density at radius 1 is 1.06 bits per heavy atom. The highest BCUT2D eigenvalue weighted by atomic mass is 19.1. The zero-order chi connectivity index (χ0) is 11.4. The van der Waals surface area contributed by atoms with Crippen LogP contribution in [0.1, 0.15) is 5.56 Å². The topological polar surface area (TPSA) is 29.5 Å². The second kappa shape index (κ2) is 4.66. The highest BCUT2D eigenvalue weighted by Crippen LogP contribution is 2.19. The minimum absolute atomic E-state index is 0.131. The van der Waals surface area contributed by atoms with Crippen molar-refractivity contribution >= 4 is 0 Å².